The minimum Gasteiger partial charge on any atom is -0.381 e. The molecule has 2 aromatic rings. The molecule has 0 saturated carbocycles. The number of rotatable bonds is 3. The fourth-order valence-corrected chi connectivity index (χ4v) is 3.02. The number of hydrogen-bond acceptors (Lipinski definition) is 2. The summed E-state index contributed by atoms with van der Waals surface area (Å²) in [5.74, 6) is 0. The maximum absolute atomic E-state index is 5.57. The quantitative estimate of drug-likeness (QED) is 0.836. The van der Waals surface area contributed by atoms with Crippen LogP contribution < -0.4 is 0 Å². The van der Waals surface area contributed by atoms with Gasteiger partial charge in [0.25, 0.3) is 0 Å². The lowest BCUT2D eigenvalue weighted by Crippen LogP contribution is -2.36. The predicted octanol–water partition coefficient (Wildman–Crippen LogP) is 3.37. The van der Waals surface area contributed by atoms with E-state index in [1.165, 1.54) is 11.1 Å². The van der Waals surface area contributed by atoms with Crippen molar-refractivity contribution in [3.63, 3.8) is 0 Å². The first-order chi connectivity index (χ1) is 9.39. The zero-order valence-electron chi connectivity index (χ0n) is 11.1. The van der Waals surface area contributed by atoms with Crippen LogP contribution in [0.3, 0.4) is 0 Å². The Labute approximate surface area is 114 Å². The Morgan fingerprint density at radius 1 is 0.947 bits per heavy atom. The fraction of sp³-hybridized carbons (Fsp3) is 0.353. The van der Waals surface area contributed by atoms with E-state index >= 15 is 0 Å². The lowest BCUT2D eigenvalue weighted by atomic mass is 9.70. The third kappa shape index (κ3) is 2.69. The molecule has 1 fully saturated rings. The minimum absolute atomic E-state index is 0.211. The Hall–Kier alpha value is -1.67. The van der Waals surface area contributed by atoms with Gasteiger partial charge in [0.05, 0.1) is 0 Å². The fourth-order valence-electron chi connectivity index (χ4n) is 3.02. The summed E-state index contributed by atoms with van der Waals surface area (Å²) in [6.07, 6.45) is 7.06. The molecule has 0 radical (unpaired) electrons. The van der Waals surface area contributed by atoms with Crippen LogP contribution in [-0.4, -0.2) is 18.2 Å². The Morgan fingerprint density at radius 2 is 1.63 bits per heavy atom. The highest BCUT2D eigenvalue weighted by molar-refractivity contribution is 5.28. The number of benzene rings is 1. The molecule has 2 heterocycles. The van der Waals surface area contributed by atoms with Gasteiger partial charge in [-0.05, 0) is 42.5 Å². The van der Waals surface area contributed by atoms with E-state index in [1.807, 2.05) is 12.4 Å². The van der Waals surface area contributed by atoms with Crippen molar-refractivity contribution in [1.82, 2.24) is 4.98 Å². The van der Waals surface area contributed by atoms with Crippen LogP contribution in [0, 0.1) is 0 Å². The molecule has 1 aliphatic heterocycles. The zero-order chi connectivity index (χ0) is 13.0. The van der Waals surface area contributed by atoms with E-state index in [0.29, 0.717) is 0 Å². The van der Waals surface area contributed by atoms with E-state index in [1.54, 1.807) is 0 Å². The highest BCUT2D eigenvalue weighted by Crippen LogP contribution is 2.37. The number of ether oxygens (including phenoxy) is 1. The first-order valence-corrected chi connectivity index (χ1v) is 6.91. The van der Waals surface area contributed by atoms with Gasteiger partial charge < -0.3 is 4.74 Å². The third-order valence-corrected chi connectivity index (χ3v) is 4.13. The molecule has 19 heavy (non-hydrogen) atoms. The van der Waals surface area contributed by atoms with Gasteiger partial charge in [-0.1, -0.05) is 30.3 Å². The van der Waals surface area contributed by atoms with Crippen molar-refractivity contribution in [2.75, 3.05) is 13.2 Å². The third-order valence-electron chi connectivity index (χ3n) is 4.13. The lowest BCUT2D eigenvalue weighted by Gasteiger charge is -2.38. The van der Waals surface area contributed by atoms with Crippen molar-refractivity contribution in [3.05, 3.63) is 66.0 Å². The second-order valence-corrected chi connectivity index (χ2v) is 5.29. The molecule has 0 amide bonds. The number of hydrogen-bond donors (Lipinski definition) is 0. The number of aromatic nitrogens is 1. The summed E-state index contributed by atoms with van der Waals surface area (Å²) in [6, 6.07) is 15.1. The highest BCUT2D eigenvalue weighted by atomic mass is 16.5. The molecule has 0 unspecified atom stereocenters. The molecule has 0 N–H and O–H groups in total. The van der Waals surface area contributed by atoms with Gasteiger partial charge in [0.2, 0.25) is 0 Å². The Balaban J connectivity index is 1.93. The van der Waals surface area contributed by atoms with Gasteiger partial charge >= 0.3 is 0 Å². The van der Waals surface area contributed by atoms with Crippen LogP contribution in [0.25, 0.3) is 0 Å². The second kappa shape index (κ2) is 5.54. The first kappa shape index (κ1) is 12.4. The van der Waals surface area contributed by atoms with Gasteiger partial charge in [0, 0.05) is 31.0 Å². The topological polar surface area (TPSA) is 22.1 Å². The number of pyridine rings is 1. The molecule has 0 aliphatic carbocycles. The minimum atomic E-state index is 0.211. The standard InChI is InChI=1S/C17H19NO/c1-2-4-15(5-3-1)14-17(8-12-19-13-9-17)16-6-10-18-11-7-16/h1-7,10-11H,8-9,12-14H2. The predicted molar refractivity (Wildman–Crippen MR) is 76.1 cm³/mol. The molecule has 1 saturated heterocycles. The summed E-state index contributed by atoms with van der Waals surface area (Å²) in [5.41, 5.74) is 3.01. The van der Waals surface area contributed by atoms with E-state index < -0.39 is 0 Å². The van der Waals surface area contributed by atoms with E-state index in [4.69, 9.17) is 4.74 Å². The monoisotopic (exact) mass is 253 g/mol. The molecular weight excluding hydrogens is 234 g/mol. The van der Waals surface area contributed by atoms with Crippen molar-refractivity contribution in [2.24, 2.45) is 0 Å². The van der Waals surface area contributed by atoms with Crippen molar-refractivity contribution >= 4 is 0 Å². The van der Waals surface area contributed by atoms with Gasteiger partial charge in [-0.25, -0.2) is 0 Å². The van der Waals surface area contributed by atoms with E-state index in [2.05, 4.69) is 47.4 Å². The molecule has 98 valence electrons. The summed E-state index contributed by atoms with van der Waals surface area (Å²) >= 11 is 0. The van der Waals surface area contributed by atoms with Crippen LogP contribution in [0.2, 0.25) is 0 Å². The molecule has 0 atom stereocenters. The van der Waals surface area contributed by atoms with Gasteiger partial charge in [0.1, 0.15) is 0 Å². The molecule has 1 aliphatic rings. The molecule has 2 nitrogen and oxygen atoms in total. The summed E-state index contributed by atoms with van der Waals surface area (Å²) in [6.45, 7) is 1.71. The van der Waals surface area contributed by atoms with Gasteiger partial charge in [-0.3, -0.25) is 4.98 Å². The van der Waals surface area contributed by atoms with Crippen LogP contribution in [0.1, 0.15) is 24.0 Å². The normalized spacial score (nSPS) is 18.1. The van der Waals surface area contributed by atoms with Crippen LogP contribution in [0.15, 0.2) is 54.9 Å². The smallest absolute Gasteiger partial charge is 0.0474 e. The van der Waals surface area contributed by atoms with Crippen LogP contribution in [0.4, 0.5) is 0 Å². The molecule has 2 heteroatoms. The second-order valence-electron chi connectivity index (χ2n) is 5.29. The van der Waals surface area contributed by atoms with Crippen LogP contribution >= 0.6 is 0 Å². The largest absolute Gasteiger partial charge is 0.381 e. The zero-order valence-corrected chi connectivity index (χ0v) is 11.1. The summed E-state index contributed by atoms with van der Waals surface area (Å²) < 4.78 is 5.57. The summed E-state index contributed by atoms with van der Waals surface area (Å²) in [7, 11) is 0. The molecule has 0 bridgehead atoms. The summed E-state index contributed by atoms with van der Waals surface area (Å²) in [5, 5.41) is 0. The van der Waals surface area contributed by atoms with Crippen molar-refractivity contribution in [3.8, 4) is 0 Å². The lowest BCUT2D eigenvalue weighted by molar-refractivity contribution is 0.0500. The van der Waals surface area contributed by atoms with E-state index in [-0.39, 0.29) is 5.41 Å². The van der Waals surface area contributed by atoms with Crippen LogP contribution in [0.5, 0.6) is 0 Å². The van der Waals surface area contributed by atoms with Gasteiger partial charge in [-0.15, -0.1) is 0 Å². The Bertz CT molecular complexity index is 503. The average molecular weight is 253 g/mol. The summed E-state index contributed by atoms with van der Waals surface area (Å²) in [4.78, 5) is 4.15. The number of nitrogens with zero attached hydrogens (tertiary/aromatic N) is 1. The van der Waals surface area contributed by atoms with Gasteiger partial charge in [0.15, 0.2) is 0 Å². The molecule has 1 aromatic heterocycles. The SMILES string of the molecule is c1ccc(CC2(c3ccncc3)CCOCC2)cc1. The highest BCUT2D eigenvalue weighted by Gasteiger charge is 2.34. The maximum Gasteiger partial charge on any atom is 0.0474 e. The molecular formula is C17H19NO. The molecule has 1 aromatic carbocycles. The molecule has 0 spiro atoms. The molecule has 3 rings (SSSR count). The van der Waals surface area contributed by atoms with E-state index in [0.717, 1.165) is 32.5 Å². The van der Waals surface area contributed by atoms with Crippen molar-refractivity contribution < 1.29 is 4.74 Å². The van der Waals surface area contributed by atoms with E-state index in [9.17, 15) is 0 Å². The van der Waals surface area contributed by atoms with Gasteiger partial charge in [-0.2, -0.15) is 0 Å². The maximum atomic E-state index is 5.57. The van der Waals surface area contributed by atoms with Crippen molar-refractivity contribution in [2.45, 2.75) is 24.7 Å². The van der Waals surface area contributed by atoms with Crippen LogP contribution in [-0.2, 0) is 16.6 Å². The Morgan fingerprint density at radius 3 is 2.32 bits per heavy atom. The Kier molecular flexibility index (Phi) is 3.60. The van der Waals surface area contributed by atoms with Crippen molar-refractivity contribution in [1.29, 1.82) is 0 Å². The first-order valence-electron chi connectivity index (χ1n) is 6.91. The average Bonchev–Trinajstić information content (AvgIpc) is 2.50.